The number of hydrogen-bond acceptors (Lipinski definition) is 4. The second-order valence-electron chi connectivity index (χ2n) is 8.16. The van der Waals surface area contributed by atoms with Crippen LogP contribution in [0.1, 0.15) is 36.4 Å². The maximum Gasteiger partial charge on any atom is 0.326 e. The first kappa shape index (κ1) is 22.9. The largest absolute Gasteiger partial charge is 0.480 e. The summed E-state index contributed by atoms with van der Waals surface area (Å²) in [5, 5.41) is 9.78. The van der Waals surface area contributed by atoms with Crippen molar-refractivity contribution in [1.82, 2.24) is 4.90 Å². The molecule has 4 rings (SSSR count). The Bertz CT molecular complexity index is 1110. The zero-order valence-electron chi connectivity index (χ0n) is 18.5. The number of carbonyl (C=O) groups excluding carboxylic acids is 1. The molecule has 33 heavy (non-hydrogen) atoms. The first-order chi connectivity index (χ1) is 15.9. The fourth-order valence-corrected chi connectivity index (χ4v) is 4.80. The van der Waals surface area contributed by atoms with Crippen molar-refractivity contribution >= 4 is 17.4 Å². The number of hydrogen-bond donors (Lipinski definition) is 1. The first-order valence-corrected chi connectivity index (χ1v) is 10.8. The number of rotatable bonds is 6. The lowest BCUT2D eigenvalue weighted by atomic mass is 9.86. The fourth-order valence-electron chi connectivity index (χ4n) is 4.80. The topological polar surface area (TPSA) is 76.1 Å². The van der Waals surface area contributed by atoms with Crippen molar-refractivity contribution in [3.05, 3.63) is 89.3 Å². The lowest BCUT2D eigenvalue weighted by molar-refractivity contribution is -0.164. The van der Waals surface area contributed by atoms with Crippen LogP contribution in [0.15, 0.2) is 72.3 Å². The number of amides is 1. The summed E-state index contributed by atoms with van der Waals surface area (Å²) in [5.74, 6) is -3.25. The van der Waals surface area contributed by atoms with Crippen molar-refractivity contribution in [3.8, 4) is 0 Å². The minimum absolute atomic E-state index is 0.0897. The molecule has 1 N–H and O–H groups in total. The van der Waals surface area contributed by atoms with Gasteiger partial charge in [-0.25, -0.2) is 9.18 Å². The van der Waals surface area contributed by atoms with Crippen LogP contribution in [0, 0.1) is 5.82 Å². The highest BCUT2D eigenvalue weighted by atomic mass is 19.1. The summed E-state index contributed by atoms with van der Waals surface area (Å²) in [6.45, 7) is 0. The molecule has 1 aliphatic carbocycles. The van der Waals surface area contributed by atoms with Crippen LogP contribution in [0.25, 0.3) is 5.57 Å². The molecule has 0 aromatic heterocycles. The third kappa shape index (κ3) is 4.10. The van der Waals surface area contributed by atoms with Crippen molar-refractivity contribution < 1.29 is 28.6 Å². The molecule has 1 saturated heterocycles. The highest BCUT2D eigenvalue weighted by Gasteiger charge is 2.46. The number of benzene rings is 2. The Balaban J connectivity index is 1.74. The number of nitrogens with zero attached hydrogens (tertiary/aromatic N) is 1. The molecule has 2 atom stereocenters. The summed E-state index contributed by atoms with van der Waals surface area (Å²) < 4.78 is 26.1. The molecular formula is C26H26FNO5. The smallest absolute Gasteiger partial charge is 0.326 e. The summed E-state index contributed by atoms with van der Waals surface area (Å²) in [7, 11) is 3.01. The molecule has 1 fully saturated rings. The maximum absolute atomic E-state index is 14.6. The molecule has 0 unspecified atom stereocenters. The summed E-state index contributed by atoms with van der Waals surface area (Å²) in [6.07, 6.45) is 4.14. The fraction of sp³-hybridized carbons (Fsp3) is 0.308. The number of carboxylic acids is 1. The average molecular weight is 451 g/mol. The monoisotopic (exact) mass is 451 g/mol. The van der Waals surface area contributed by atoms with Gasteiger partial charge in [0.05, 0.1) is 6.04 Å². The molecule has 1 amide bonds. The molecule has 0 saturated carbocycles. The number of likely N-dealkylation sites (tertiary alicyclic amines) is 1. The van der Waals surface area contributed by atoms with E-state index < -0.39 is 35.6 Å². The van der Waals surface area contributed by atoms with Crippen LogP contribution in [0.4, 0.5) is 4.39 Å². The van der Waals surface area contributed by atoms with Crippen LogP contribution >= 0.6 is 0 Å². The zero-order valence-corrected chi connectivity index (χ0v) is 18.5. The van der Waals surface area contributed by atoms with Crippen molar-refractivity contribution in [3.63, 3.8) is 0 Å². The average Bonchev–Trinajstić information content (AvgIpc) is 3.29. The van der Waals surface area contributed by atoms with Crippen LogP contribution in [-0.2, 0) is 19.1 Å². The molecule has 2 aromatic rings. The highest BCUT2D eigenvalue weighted by molar-refractivity contribution is 5.98. The van der Waals surface area contributed by atoms with Gasteiger partial charge in [-0.05, 0) is 24.5 Å². The van der Waals surface area contributed by atoms with E-state index in [0.29, 0.717) is 17.6 Å². The Morgan fingerprint density at radius 3 is 2.30 bits per heavy atom. The Kier molecular flexibility index (Phi) is 6.44. The standard InChI is InChI=1S/C26H26FNO5/c1-32-26(33-2)16-18(12-13-20(26)17-8-4-3-5-9-17)24(29)28-22(14-15-23(28)25(30)31)19-10-6-7-11-21(19)27/h3-13,22-23H,14-16H2,1-2H3,(H,30,31)/t22-,23+/m1/s1. The van der Waals surface area contributed by atoms with Gasteiger partial charge < -0.3 is 19.5 Å². The van der Waals surface area contributed by atoms with Gasteiger partial charge >= 0.3 is 5.97 Å². The molecule has 1 aliphatic heterocycles. The highest BCUT2D eigenvalue weighted by Crippen LogP contribution is 2.43. The van der Waals surface area contributed by atoms with Crippen molar-refractivity contribution in [2.75, 3.05) is 14.2 Å². The van der Waals surface area contributed by atoms with Crippen LogP contribution < -0.4 is 0 Å². The molecular weight excluding hydrogens is 425 g/mol. The number of allylic oxidation sites excluding steroid dienone is 2. The molecule has 6 nitrogen and oxygen atoms in total. The van der Waals surface area contributed by atoms with E-state index in [4.69, 9.17) is 9.47 Å². The molecule has 0 spiro atoms. The van der Waals surface area contributed by atoms with Gasteiger partial charge in [0, 0.05) is 37.4 Å². The van der Waals surface area contributed by atoms with Crippen molar-refractivity contribution in [1.29, 1.82) is 0 Å². The van der Waals surface area contributed by atoms with Gasteiger partial charge in [-0.1, -0.05) is 60.7 Å². The van der Waals surface area contributed by atoms with Gasteiger partial charge in [0.25, 0.3) is 5.91 Å². The van der Waals surface area contributed by atoms with Gasteiger partial charge in [0.2, 0.25) is 0 Å². The van der Waals surface area contributed by atoms with Gasteiger partial charge in [-0.3, -0.25) is 4.79 Å². The van der Waals surface area contributed by atoms with E-state index in [0.717, 1.165) is 11.1 Å². The van der Waals surface area contributed by atoms with Crippen LogP contribution in [0.2, 0.25) is 0 Å². The SMILES string of the molecule is COC1(OC)CC(C(=O)N2[C@@H](c3ccccc3F)CC[C@H]2C(=O)O)=CC=C1c1ccccc1. The number of methoxy groups -OCH3 is 2. The predicted molar refractivity (Wildman–Crippen MR) is 121 cm³/mol. The lowest BCUT2D eigenvalue weighted by Gasteiger charge is -2.38. The first-order valence-electron chi connectivity index (χ1n) is 10.8. The Labute approximate surface area is 191 Å². The number of halogens is 1. The predicted octanol–water partition coefficient (Wildman–Crippen LogP) is 4.35. The van der Waals surface area contributed by atoms with Gasteiger partial charge in [-0.2, -0.15) is 0 Å². The third-order valence-corrected chi connectivity index (χ3v) is 6.47. The second-order valence-corrected chi connectivity index (χ2v) is 8.16. The Morgan fingerprint density at radius 2 is 1.67 bits per heavy atom. The Hall–Kier alpha value is -3.29. The minimum Gasteiger partial charge on any atom is -0.480 e. The van der Waals surface area contributed by atoms with Gasteiger partial charge in [-0.15, -0.1) is 0 Å². The van der Waals surface area contributed by atoms with E-state index in [1.165, 1.54) is 25.2 Å². The van der Waals surface area contributed by atoms with E-state index in [-0.39, 0.29) is 12.8 Å². The van der Waals surface area contributed by atoms with Crippen molar-refractivity contribution in [2.45, 2.75) is 37.1 Å². The van der Waals surface area contributed by atoms with E-state index in [1.54, 1.807) is 30.4 Å². The van der Waals surface area contributed by atoms with Crippen LogP contribution in [-0.4, -0.2) is 47.9 Å². The molecule has 0 radical (unpaired) electrons. The van der Waals surface area contributed by atoms with Gasteiger partial charge in [0.1, 0.15) is 11.9 Å². The molecule has 2 aromatic carbocycles. The minimum atomic E-state index is -1.22. The molecule has 2 aliphatic rings. The third-order valence-electron chi connectivity index (χ3n) is 6.47. The van der Waals surface area contributed by atoms with Crippen molar-refractivity contribution in [2.24, 2.45) is 0 Å². The molecule has 0 bridgehead atoms. The van der Waals surface area contributed by atoms with E-state index in [1.807, 2.05) is 30.3 Å². The summed E-state index contributed by atoms with van der Waals surface area (Å²) in [6, 6.07) is 14.0. The van der Waals surface area contributed by atoms with Gasteiger partial charge in [0.15, 0.2) is 5.79 Å². The molecule has 172 valence electrons. The van der Waals surface area contributed by atoms with E-state index in [2.05, 4.69) is 0 Å². The second kappa shape index (κ2) is 9.29. The Morgan fingerprint density at radius 1 is 1.00 bits per heavy atom. The quantitative estimate of drug-likeness (QED) is 0.661. The number of aliphatic carboxylic acids is 1. The molecule has 1 heterocycles. The number of ether oxygens (including phenoxy) is 2. The van der Waals surface area contributed by atoms with Crippen LogP contribution in [0.5, 0.6) is 0 Å². The number of carboxylic acid groups (broad SMARTS) is 1. The summed E-state index contributed by atoms with van der Waals surface area (Å²) in [5.41, 5.74) is 2.30. The zero-order chi connectivity index (χ0) is 23.6. The van der Waals surface area contributed by atoms with E-state index in [9.17, 15) is 19.1 Å². The summed E-state index contributed by atoms with van der Waals surface area (Å²) in [4.78, 5) is 27.0. The van der Waals surface area contributed by atoms with E-state index >= 15 is 0 Å². The normalized spacial score (nSPS) is 22.0. The maximum atomic E-state index is 14.6. The number of carbonyl (C=O) groups is 2. The van der Waals surface area contributed by atoms with Crippen LogP contribution in [0.3, 0.4) is 0 Å². The lowest BCUT2D eigenvalue weighted by Crippen LogP contribution is -2.45. The molecule has 7 heteroatoms. The summed E-state index contributed by atoms with van der Waals surface area (Å²) >= 11 is 0.